The lowest BCUT2D eigenvalue weighted by Crippen LogP contribution is -2.47. The molecule has 0 saturated carbocycles. The summed E-state index contributed by atoms with van der Waals surface area (Å²) in [6.07, 6.45) is 1.60. The van der Waals surface area contributed by atoms with Gasteiger partial charge in [-0.3, -0.25) is 14.5 Å². The van der Waals surface area contributed by atoms with E-state index >= 15 is 0 Å². The van der Waals surface area contributed by atoms with E-state index in [1.807, 2.05) is 13.8 Å². The van der Waals surface area contributed by atoms with Crippen LogP contribution >= 0.6 is 11.6 Å². The SMILES string of the molecule is C=CCN1C(=O)N[C@H](c2ccccc2Cl)C2=C1CN(CC(=O)NC(C)C)C2=O. The molecule has 1 aromatic carbocycles. The molecule has 1 atom stereocenters. The van der Waals surface area contributed by atoms with Gasteiger partial charge in [0.05, 0.1) is 23.9 Å². The average molecular weight is 403 g/mol. The maximum absolute atomic E-state index is 13.2. The molecule has 148 valence electrons. The summed E-state index contributed by atoms with van der Waals surface area (Å²) in [5, 5.41) is 6.11. The molecule has 8 heteroatoms. The Morgan fingerprint density at radius 2 is 2.11 bits per heavy atom. The molecule has 0 spiro atoms. The molecule has 0 aliphatic carbocycles. The minimum atomic E-state index is -0.664. The van der Waals surface area contributed by atoms with Crippen molar-refractivity contribution >= 4 is 29.4 Å². The normalized spacial score (nSPS) is 19.1. The van der Waals surface area contributed by atoms with Gasteiger partial charge in [0.25, 0.3) is 5.91 Å². The van der Waals surface area contributed by atoms with Crippen LogP contribution in [0, 0.1) is 0 Å². The first kappa shape index (κ1) is 19.9. The lowest BCUT2D eigenvalue weighted by molar-refractivity contribution is -0.132. The second kappa shape index (κ2) is 8.06. The number of hydrogen-bond acceptors (Lipinski definition) is 3. The number of carbonyl (C=O) groups excluding carboxylic acids is 3. The number of nitrogens with one attached hydrogen (secondary N) is 2. The molecule has 7 nitrogen and oxygen atoms in total. The van der Waals surface area contributed by atoms with Gasteiger partial charge in [-0.2, -0.15) is 0 Å². The second-order valence-corrected chi connectivity index (χ2v) is 7.45. The zero-order chi connectivity index (χ0) is 20.4. The van der Waals surface area contributed by atoms with Gasteiger partial charge in [0.15, 0.2) is 0 Å². The Hall–Kier alpha value is -2.80. The number of urea groups is 1. The minimum Gasteiger partial charge on any atom is -0.352 e. The number of carbonyl (C=O) groups is 3. The van der Waals surface area contributed by atoms with Crippen molar-refractivity contribution in [3.05, 3.63) is 58.8 Å². The van der Waals surface area contributed by atoms with Crippen LogP contribution in [0.2, 0.25) is 5.02 Å². The Morgan fingerprint density at radius 3 is 2.75 bits per heavy atom. The Kier molecular flexibility index (Phi) is 5.74. The van der Waals surface area contributed by atoms with E-state index in [2.05, 4.69) is 17.2 Å². The highest BCUT2D eigenvalue weighted by Crippen LogP contribution is 2.38. The number of nitrogens with zero attached hydrogens (tertiary/aromatic N) is 2. The van der Waals surface area contributed by atoms with Crippen molar-refractivity contribution in [2.45, 2.75) is 25.9 Å². The zero-order valence-corrected chi connectivity index (χ0v) is 16.6. The van der Waals surface area contributed by atoms with E-state index in [-0.39, 0.29) is 43.5 Å². The van der Waals surface area contributed by atoms with Crippen molar-refractivity contribution in [1.29, 1.82) is 0 Å². The van der Waals surface area contributed by atoms with Crippen molar-refractivity contribution in [3.8, 4) is 0 Å². The van der Waals surface area contributed by atoms with E-state index < -0.39 is 6.04 Å². The topological polar surface area (TPSA) is 81.8 Å². The van der Waals surface area contributed by atoms with Crippen LogP contribution in [-0.2, 0) is 9.59 Å². The fourth-order valence-corrected chi connectivity index (χ4v) is 3.73. The lowest BCUT2D eigenvalue weighted by atomic mass is 9.95. The van der Waals surface area contributed by atoms with E-state index in [0.29, 0.717) is 21.9 Å². The van der Waals surface area contributed by atoms with Crippen molar-refractivity contribution in [3.63, 3.8) is 0 Å². The van der Waals surface area contributed by atoms with Gasteiger partial charge in [-0.15, -0.1) is 6.58 Å². The number of amides is 4. The summed E-state index contributed by atoms with van der Waals surface area (Å²) in [6.45, 7) is 7.77. The number of halogens is 1. The van der Waals surface area contributed by atoms with Crippen LogP contribution in [0.15, 0.2) is 48.2 Å². The molecule has 0 fully saturated rings. The molecule has 0 aromatic heterocycles. The monoisotopic (exact) mass is 402 g/mol. The molecule has 28 heavy (non-hydrogen) atoms. The Bertz CT molecular complexity index is 865. The van der Waals surface area contributed by atoms with Crippen LogP contribution in [0.1, 0.15) is 25.5 Å². The maximum Gasteiger partial charge on any atom is 0.322 e. The van der Waals surface area contributed by atoms with Gasteiger partial charge in [-0.25, -0.2) is 4.79 Å². The van der Waals surface area contributed by atoms with Crippen LogP contribution in [0.4, 0.5) is 4.79 Å². The van der Waals surface area contributed by atoms with E-state index in [1.165, 1.54) is 9.80 Å². The third kappa shape index (κ3) is 3.75. The summed E-state index contributed by atoms with van der Waals surface area (Å²) in [6, 6.07) is 6.07. The molecule has 0 unspecified atom stereocenters. The maximum atomic E-state index is 13.2. The van der Waals surface area contributed by atoms with Gasteiger partial charge < -0.3 is 15.5 Å². The van der Waals surface area contributed by atoms with E-state index in [1.54, 1.807) is 30.3 Å². The van der Waals surface area contributed by atoms with Crippen LogP contribution < -0.4 is 10.6 Å². The lowest BCUT2D eigenvalue weighted by Gasteiger charge is -2.33. The summed E-state index contributed by atoms with van der Waals surface area (Å²) in [5.41, 5.74) is 1.66. The molecule has 0 saturated heterocycles. The molecule has 0 bridgehead atoms. The predicted octanol–water partition coefficient (Wildman–Crippen LogP) is 2.21. The number of hydrogen-bond donors (Lipinski definition) is 2. The molecule has 2 heterocycles. The van der Waals surface area contributed by atoms with Crippen LogP contribution in [0.3, 0.4) is 0 Å². The van der Waals surface area contributed by atoms with E-state index in [0.717, 1.165) is 0 Å². The molecule has 2 aliphatic heterocycles. The highest BCUT2D eigenvalue weighted by atomic mass is 35.5. The molecular formula is C20H23ClN4O3. The summed E-state index contributed by atoms with van der Waals surface area (Å²) in [7, 11) is 0. The highest BCUT2D eigenvalue weighted by Gasteiger charge is 2.44. The molecule has 2 aliphatic rings. The fourth-order valence-electron chi connectivity index (χ4n) is 3.48. The molecule has 2 N–H and O–H groups in total. The molecule has 0 radical (unpaired) electrons. The summed E-state index contributed by atoms with van der Waals surface area (Å²) >= 11 is 6.33. The first-order valence-electron chi connectivity index (χ1n) is 9.08. The zero-order valence-electron chi connectivity index (χ0n) is 15.9. The van der Waals surface area contributed by atoms with Crippen LogP contribution in [0.25, 0.3) is 0 Å². The standard InChI is InChI=1S/C20H23ClN4O3/c1-4-9-25-15-10-24(11-16(26)22-12(2)3)19(27)17(15)18(23-20(25)28)13-7-5-6-8-14(13)21/h4-8,12,18H,1,9-11H2,2-3H3,(H,22,26)(H,23,28)/t18-/m1/s1. The largest absolute Gasteiger partial charge is 0.352 e. The number of benzene rings is 1. The van der Waals surface area contributed by atoms with Gasteiger partial charge in [0.2, 0.25) is 5.91 Å². The van der Waals surface area contributed by atoms with Crippen LogP contribution in [-0.4, -0.2) is 53.3 Å². The number of rotatable bonds is 6. The molecule has 1 aromatic rings. The van der Waals surface area contributed by atoms with Crippen molar-refractivity contribution in [2.24, 2.45) is 0 Å². The third-order valence-corrected chi connectivity index (χ3v) is 4.95. The van der Waals surface area contributed by atoms with E-state index in [9.17, 15) is 14.4 Å². The minimum absolute atomic E-state index is 0.0239. The van der Waals surface area contributed by atoms with Crippen molar-refractivity contribution < 1.29 is 14.4 Å². The van der Waals surface area contributed by atoms with Gasteiger partial charge in [0.1, 0.15) is 6.54 Å². The third-order valence-electron chi connectivity index (χ3n) is 4.61. The molecule has 4 amide bonds. The summed E-state index contributed by atoms with van der Waals surface area (Å²) in [5.74, 6) is -0.528. The molecular weight excluding hydrogens is 380 g/mol. The predicted molar refractivity (Wildman–Crippen MR) is 107 cm³/mol. The van der Waals surface area contributed by atoms with Gasteiger partial charge in [0, 0.05) is 17.6 Å². The van der Waals surface area contributed by atoms with Crippen molar-refractivity contribution in [2.75, 3.05) is 19.6 Å². The van der Waals surface area contributed by atoms with E-state index in [4.69, 9.17) is 11.6 Å². The quantitative estimate of drug-likeness (QED) is 0.716. The van der Waals surface area contributed by atoms with Crippen molar-refractivity contribution in [1.82, 2.24) is 20.4 Å². The van der Waals surface area contributed by atoms with Gasteiger partial charge in [-0.05, 0) is 25.5 Å². The van der Waals surface area contributed by atoms with Gasteiger partial charge in [-0.1, -0.05) is 35.9 Å². The van der Waals surface area contributed by atoms with Gasteiger partial charge >= 0.3 is 6.03 Å². The average Bonchev–Trinajstić information content (AvgIpc) is 2.93. The second-order valence-electron chi connectivity index (χ2n) is 7.05. The fraction of sp³-hybridized carbons (Fsp3) is 0.350. The first-order chi connectivity index (χ1) is 13.3. The molecule has 3 rings (SSSR count). The Morgan fingerprint density at radius 1 is 1.39 bits per heavy atom. The Labute approximate surface area is 169 Å². The summed E-state index contributed by atoms with van der Waals surface area (Å²) in [4.78, 5) is 40.9. The first-order valence-corrected chi connectivity index (χ1v) is 9.46. The van der Waals surface area contributed by atoms with Crippen LogP contribution in [0.5, 0.6) is 0 Å². The Balaban J connectivity index is 1.97. The summed E-state index contributed by atoms with van der Waals surface area (Å²) < 4.78 is 0. The highest BCUT2D eigenvalue weighted by molar-refractivity contribution is 6.31. The smallest absolute Gasteiger partial charge is 0.322 e.